The Hall–Kier alpha value is -2.76. The summed E-state index contributed by atoms with van der Waals surface area (Å²) in [5, 5.41) is 3.19. The molecule has 1 fully saturated rings. The first-order chi connectivity index (χ1) is 17.4. The Kier molecular flexibility index (Phi) is 6.09. The Bertz CT molecular complexity index is 1310. The van der Waals surface area contributed by atoms with Crippen LogP contribution in [0.15, 0.2) is 77.2 Å². The minimum atomic E-state index is -0.255. The number of allylic oxidation sites excluding steroid dienone is 3. The van der Waals surface area contributed by atoms with Crippen LogP contribution in [0.4, 0.5) is 10.1 Å². The fraction of sp³-hybridized carbons (Fsp3) is 0.345. The first kappa shape index (κ1) is 23.6. The number of benzene rings is 2. The Morgan fingerprint density at radius 2 is 1.92 bits per heavy atom. The molecule has 1 N–H and O–H groups in total. The summed E-state index contributed by atoms with van der Waals surface area (Å²) < 4.78 is 13.5. The van der Waals surface area contributed by atoms with Crippen molar-refractivity contribution in [2.24, 2.45) is 17.8 Å². The van der Waals surface area contributed by atoms with Crippen LogP contribution in [0.5, 0.6) is 0 Å². The average Bonchev–Trinajstić information content (AvgIpc) is 3.41. The summed E-state index contributed by atoms with van der Waals surface area (Å²) >= 11 is 12.6. The molecular weight excluding hydrogens is 496 g/mol. The van der Waals surface area contributed by atoms with Crippen LogP contribution < -0.4 is 10.4 Å². The van der Waals surface area contributed by atoms with Crippen LogP contribution >= 0.6 is 23.2 Å². The van der Waals surface area contributed by atoms with Gasteiger partial charge >= 0.3 is 0 Å². The lowest BCUT2D eigenvalue weighted by molar-refractivity contribution is -0.135. The quantitative estimate of drug-likeness (QED) is 0.441. The number of anilines is 1. The van der Waals surface area contributed by atoms with Gasteiger partial charge in [-0.3, -0.25) is 9.80 Å². The third-order valence-electron chi connectivity index (χ3n) is 7.82. The number of amides is 1. The fourth-order valence-electron chi connectivity index (χ4n) is 5.77. The molecule has 2 aromatic rings. The summed E-state index contributed by atoms with van der Waals surface area (Å²) in [6, 6.07) is 12.0. The van der Waals surface area contributed by atoms with E-state index >= 15 is 0 Å². The van der Waals surface area contributed by atoms with Gasteiger partial charge in [-0.1, -0.05) is 36.2 Å². The standard InChI is InChI=1S/C29H28Cl2FN3O/c1-17-25-14-33-35(23-9-7-22(32)8-10-23)27(25)12-19-5-11-24(28(17)19)29(36)34(15-18-2-3-18)16-20-4-6-21(30)13-26(20)31/h4,6-10,12-14,17-18,24,33H,2-3,5,11,15-16H2,1H3/t17-,24-/m0/s1. The predicted molar refractivity (Wildman–Crippen MR) is 142 cm³/mol. The van der Waals surface area contributed by atoms with Gasteiger partial charge in [0.2, 0.25) is 5.91 Å². The minimum absolute atomic E-state index is 0.122. The Morgan fingerprint density at radius 1 is 1.14 bits per heavy atom. The third kappa shape index (κ3) is 4.33. The molecular formula is C29H28Cl2FN3O. The van der Waals surface area contributed by atoms with Gasteiger partial charge in [0, 0.05) is 40.8 Å². The summed E-state index contributed by atoms with van der Waals surface area (Å²) in [5.41, 5.74) is 9.86. The monoisotopic (exact) mass is 523 g/mol. The number of nitrogens with zero attached hydrogens (tertiary/aromatic N) is 2. The van der Waals surface area contributed by atoms with E-state index in [1.807, 2.05) is 28.2 Å². The molecule has 7 heteroatoms. The molecule has 2 atom stereocenters. The van der Waals surface area contributed by atoms with Gasteiger partial charge in [-0.05, 0) is 90.8 Å². The second-order valence-corrected chi connectivity index (χ2v) is 11.1. The first-order valence-electron chi connectivity index (χ1n) is 12.6. The van der Waals surface area contributed by atoms with Crippen LogP contribution in [-0.4, -0.2) is 17.4 Å². The molecule has 186 valence electrons. The average molecular weight is 524 g/mol. The van der Waals surface area contributed by atoms with Crippen molar-refractivity contribution in [1.82, 2.24) is 10.3 Å². The second kappa shape index (κ2) is 9.28. The molecule has 1 heterocycles. The van der Waals surface area contributed by atoms with Crippen molar-refractivity contribution in [2.45, 2.75) is 39.2 Å². The summed E-state index contributed by atoms with van der Waals surface area (Å²) in [6.07, 6.45) is 8.28. The fourth-order valence-corrected chi connectivity index (χ4v) is 6.24. The molecule has 1 saturated carbocycles. The largest absolute Gasteiger partial charge is 0.338 e. The van der Waals surface area contributed by atoms with Crippen molar-refractivity contribution in [3.63, 3.8) is 0 Å². The van der Waals surface area contributed by atoms with Gasteiger partial charge in [0.15, 0.2) is 0 Å². The number of fused-ring (bicyclic) bond motifs is 1. The molecule has 36 heavy (non-hydrogen) atoms. The molecule has 0 aromatic heterocycles. The maximum absolute atomic E-state index is 14.0. The first-order valence-corrected chi connectivity index (χ1v) is 13.3. The summed E-state index contributed by atoms with van der Waals surface area (Å²) in [7, 11) is 0. The van der Waals surface area contributed by atoms with E-state index in [4.69, 9.17) is 23.2 Å². The maximum Gasteiger partial charge on any atom is 0.230 e. The molecule has 0 radical (unpaired) electrons. The molecule has 0 spiro atoms. The Balaban J connectivity index is 1.28. The molecule has 1 amide bonds. The van der Waals surface area contributed by atoms with E-state index in [2.05, 4.69) is 18.4 Å². The smallest absolute Gasteiger partial charge is 0.230 e. The molecule has 0 bridgehead atoms. The van der Waals surface area contributed by atoms with Crippen molar-refractivity contribution in [2.75, 3.05) is 11.6 Å². The van der Waals surface area contributed by atoms with Crippen LogP contribution in [0.25, 0.3) is 0 Å². The minimum Gasteiger partial charge on any atom is -0.338 e. The Morgan fingerprint density at radius 3 is 2.64 bits per heavy atom. The van der Waals surface area contributed by atoms with Crippen LogP contribution in [0.3, 0.4) is 0 Å². The predicted octanol–water partition coefficient (Wildman–Crippen LogP) is 7.02. The summed E-state index contributed by atoms with van der Waals surface area (Å²) in [5.74, 6) is 0.518. The van der Waals surface area contributed by atoms with Gasteiger partial charge in [-0.15, -0.1) is 0 Å². The number of nitrogens with one attached hydrogen (secondary N) is 1. The van der Waals surface area contributed by atoms with Gasteiger partial charge in [0.1, 0.15) is 5.82 Å². The van der Waals surface area contributed by atoms with E-state index in [1.54, 1.807) is 18.2 Å². The molecule has 3 aliphatic carbocycles. The van der Waals surface area contributed by atoms with Crippen LogP contribution in [0, 0.1) is 23.6 Å². The maximum atomic E-state index is 14.0. The van der Waals surface area contributed by atoms with Crippen molar-refractivity contribution < 1.29 is 9.18 Å². The van der Waals surface area contributed by atoms with Gasteiger partial charge in [0.05, 0.1) is 17.3 Å². The van der Waals surface area contributed by atoms with Gasteiger partial charge < -0.3 is 10.3 Å². The molecule has 0 unspecified atom stereocenters. The van der Waals surface area contributed by atoms with E-state index < -0.39 is 0 Å². The van der Waals surface area contributed by atoms with Gasteiger partial charge in [-0.25, -0.2) is 4.39 Å². The summed E-state index contributed by atoms with van der Waals surface area (Å²) in [4.78, 5) is 16.0. The van der Waals surface area contributed by atoms with E-state index in [0.29, 0.717) is 22.5 Å². The van der Waals surface area contributed by atoms with E-state index in [0.717, 1.165) is 41.9 Å². The Labute approximate surface area is 221 Å². The zero-order valence-corrected chi connectivity index (χ0v) is 21.6. The molecule has 2 aromatic carbocycles. The van der Waals surface area contributed by atoms with Crippen LogP contribution in [-0.2, 0) is 11.3 Å². The molecule has 0 saturated heterocycles. The van der Waals surface area contributed by atoms with Crippen molar-refractivity contribution in [3.05, 3.63) is 98.6 Å². The second-order valence-electron chi connectivity index (χ2n) is 10.3. The number of halogens is 3. The molecule has 4 aliphatic rings. The summed E-state index contributed by atoms with van der Waals surface area (Å²) in [6.45, 7) is 3.47. The van der Waals surface area contributed by atoms with E-state index in [1.165, 1.54) is 36.1 Å². The lowest BCUT2D eigenvalue weighted by atomic mass is 9.80. The number of carbonyl (C=O) groups excluding carboxylic acids is 1. The number of rotatable bonds is 6. The van der Waals surface area contributed by atoms with Crippen molar-refractivity contribution in [3.8, 4) is 0 Å². The zero-order valence-electron chi connectivity index (χ0n) is 20.1. The highest BCUT2D eigenvalue weighted by Gasteiger charge is 2.42. The lowest BCUT2D eigenvalue weighted by Gasteiger charge is -2.32. The van der Waals surface area contributed by atoms with Crippen LogP contribution in [0.2, 0.25) is 10.0 Å². The number of carbonyl (C=O) groups is 1. The highest BCUT2D eigenvalue weighted by Crippen LogP contribution is 2.48. The zero-order chi connectivity index (χ0) is 25.0. The third-order valence-corrected chi connectivity index (χ3v) is 8.41. The highest BCUT2D eigenvalue weighted by atomic mass is 35.5. The van der Waals surface area contributed by atoms with Crippen LogP contribution in [0.1, 0.15) is 38.2 Å². The van der Waals surface area contributed by atoms with Crippen molar-refractivity contribution in [1.29, 1.82) is 0 Å². The molecule has 1 aliphatic heterocycles. The number of hydrogen-bond acceptors (Lipinski definition) is 3. The topological polar surface area (TPSA) is 35.6 Å². The van der Waals surface area contributed by atoms with Gasteiger partial charge in [-0.2, -0.15) is 0 Å². The molecule has 6 rings (SSSR count). The number of hydrogen-bond donors (Lipinski definition) is 1. The van der Waals surface area contributed by atoms with E-state index in [-0.39, 0.29) is 23.6 Å². The normalized spacial score (nSPS) is 22.6. The molecule has 4 nitrogen and oxygen atoms in total. The SMILES string of the molecule is C[C@H]1C2=CNN(c3ccc(F)cc3)C2=CC2=C1[C@@H](C(=O)N(Cc1ccc(Cl)cc1Cl)CC1CC1)CC2. The number of hydrazine groups is 1. The highest BCUT2D eigenvalue weighted by molar-refractivity contribution is 6.35. The van der Waals surface area contributed by atoms with E-state index in [9.17, 15) is 9.18 Å². The lowest BCUT2D eigenvalue weighted by Crippen LogP contribution is -2.38. The van der Waals surface area contributed by atoms with Crippen molar-refractivity contribution >= 4 is 34.8 Å². The van der Waals surface area contributed by atoms with Gasteiger partial charge in [0.25, 0.3) is 0 Å².